The van der Waals surface area contributed by atoms with Crippen LogP contribution in [0.3, 0.4) is 0 Å². The number of carbonyl (C=O) groups is 2. The largest absolute Gasteiger partial charge is 0.336 e. The summed E-state index contributed by atoms with van der Waals surface area (Å²) in [7, 11) is 0. The Balaban J connectivity index is 1.55. The second kappa shape index (κ2) is 9.44. The molecule has 4 aromatic rings. The number of hydrogen-bond donors (Lipinski definition) is 0. The molecular formula is C29H23Cl3N2O2. The van der Waals surface area contributed by atoms with Crippen molar-refractivity contribution < 1.29 is 9.59 Å². The van der Waals surface area contributed by atoms with E-state index in [-0.39, 0.29) is 12.5 Å². The number of carbonyl (C=O) groups excluding carboxylic acids is 2. The highest BCUT2D eigenvalue weighted by atomic mass is 35.6. The molecule has 7 heteroatoms. The maximum Gasteiger partial charge on any atom is 0.258 e. The van der Waals surface area contributed by atoms with Crippen molar-refractivity contribution in [2.45, 2.75) is 30.7 Å². The van der Waals surface area contributed by atoms with Gasteiger partial charge >= 0.3 is 0 Å². The highest BCUT2D eigenvalue weighted by Crippen LogP contribution is 2.35. The zero-order chi connectivity index (χ0) is 25.6. The van der Waals surface area contributed by atoms with Crippen LogP contribution in [-0.2, 0) is 13.1 Å². The lowest BCUT2D eigenvalue weighted by atomic mass is 9.95. The molecule has 0 unspecified atom stereocenters. The average Bonchev–Trinajstić information content (AvgIpc) is 3.15. The van der Waals surface area contributed by atoms with Crippen molar-refractivity contribution in [1.82, 2.24) is 4.57 Å². The second-order valence-electron chi connectivity index (χ2n) is 8.99. The number of nitrogens with zero attached hydrogens (tertiary/aromatic N) is 2. The van der Waals surface area contributed by atoms with Crippen LogP contribution in [0.2, 0.25) is 0 Å². The van der Waals surface area contributed by atoms with Gasteiger partial charge in [-0.1, -0.05) is 83.3 Å². The predicted octanol–water partition coefficient (Wildman–Crippen LogP) is 7.53. The maximum atomic E-state index is 13.9. The molecule has 4 nitrogen and oxygen atoms in total. The molecule has 2 heterocycles. The van der Waals surface area contributed by atoms with E-state index >= 15 is 0 Å². The molecule has 0 saturated carbocycles. The Morgan fingerprint density at radius 2 is 1.47 bits per heavy atom. The summed E-state index contributed by atoms with van der Waals surface area (Å²) in [5, 5.41) is 0. The van der Waals surface area contributed by atoms with Crippen molar-refractivity contribution in [1.29, 1.82) is 0 Å². The Kier molecular flexibility index (Phi) is 6.46. The number of aryl methyl sites for hydroxylation is 2. The molecule has 1 amide bonds. The van der Waals surface area contributed by atoms with E-state index in [2.05, 4.69) is 19.1 Å². The lowest BCUT2D eigenvalue weighted by Crippen LogP contribution is -2.30. The summed E-state index contributed by atoms with van der Waals surface area (Å²) in [4.78, 5) is 28.4. The number of Topliss-reactive ketones (excluding diaryl/α,β-unsaturated/α-hetero) is 1. The van der Waals surface area contributed by atoms with Crippen molar-refractivity contribution in [2.75, 3.05) is 4.90 Å². The standard InChI is InChI=1S/C29H23Cl3N2O2/c1-18-7-3-5-9-23(18)24-13-11-20(15-19(24)2)28(36)34-17-22-12-14-26(27(35)29(30,31)32)33(22)16-21-8-4-6-10-25(21)34/h3-15H,16-17H2,1-2H3. The molecule has 0 fully saturated rings. The maximum absolute atomic E-state index is 13.9. The molecule has 1 aliphatic heterocycles. The van der Waals surface area contributed by atoms with E-state index < -0.39 is 9.58 Å². The summed E-state index contributed by atoms with van der Waals surface area (Å²) >= 11 is 17.7. The number of para-hydroxylation sites is 1. The van der Waals surface area contributed by atoms with Crippen LogP contribution < -0.4 is 4.90 Å². The highest BCUT2D eigenvalue weighted by molar-refractivity contribution is 6.77. The monoisotopic (exact) mass is 536 g/mol. The van der Waals surface area contributed by atoms with Crippen LogP contribution >= 0.6 is 34.8 Å². The number of anilines is 1. The second-order valence-corrected chi connectivity index (χ2v) is 11.3. The number of benzene rings is 3. The third-order valence-electron chi connectivity index (χ3n) is 6.65. The topological polar surface area (TPSA) is 42.3 Å². The van der Waals surface area contributed by atoms with Gasteiger partial charge in [-0.15, -0.1) is 0 Å². The van der Waals surface area contributed by atoms with Gasteiger partial charge in [0.2, 0.25) is 5.78 Å². The van der Waals surface area contributed by atoms with E-state index in [0.717, 1.165) is 33.6 Å². The summed E-state index contributed by atoms with van der Waals surface area (Å²) in [6.07, 6.45) is 0. The number of rotatable bonds is 3. The summed E-state index contributed by atoms with van der Waals surface area (Å²) in [5.41, 5.74) is 7.82. The Hall–Kier alpha value is -3.05. The van der Waals surface area contributed by atoms with E-state index in [0.29, 0.717) is 17.8 Å². The van der Waals surface area contributed by atoms with Gasteiger partial charge in [0.15, 0.2) is 0 Å². The Labute approximate surface area is 225 Å². The molecule has 0 atom stereocenters. The van der Waals surface area contributed by atoms with Crippen molar-refractivity contribution in [3.05, 3.63) is 113 Å². The molecule has 1 aliphatic rings. The van der Waals surface area contributed by atoms with E-state index in [1.165, 1.54) is 5.56 Å². The minimum Gasteiger partial charge on any atom is -0.336 e. The summed E-state index contributed by atoms with van der Waals surface area (Å²) < 4.78 is -0.240. The van der Waals surface area contributed by atoms with Gasteiger partial charge < -0.3 is 9.47 Å². The van der Waals surface area contributed by atoms with Crippen LogP contribution in [0.1, 0.15) is 43.2 Å². The van der Waals surface area contributed by atoms with Crippen LogP contribution in [0.4, 0.5) is 5.69 Å². The number of ketones is 1. The zero-order valence-electron chi connectivity index (χ0n) is 19.8. The first kappa shape index (κ1) is 24.6. The number of alkyl halides is 3. The number of hydrogen-bond acceptors (Lipinski definition) is 2. The van der Waals surface area contributed by atoms with Gasteiger partial charge in [0.1, 0.15) is 0 Å². The summed E-state index contributed by atoms with van der Waals surface area (Å²) in [6.45, 7) is 4.77. The van der Waals surface area contributed by atoms with Crippen LogP contribution in [-0.4, -0.2) is 20.1 Å². The summed E-state index contributed by atoms with van der Waals surface area (Å²) in [6, 6.07) is 25.2. The minimum atomic E-state index is -2.06. The Bertz CT molecular complexity index is 1500. The first-order chi connectivity index (χ1) is 17.1. The molecule has 0 bridgehead atoms. The lowest BCUT2D eigenvalue weighted by molar-refractivity contribution is 0.0980. The van der Waals surface area contributed by atoms with Crippen molar-refractivity contribution >= 4 is 52.2 Å². The van der Waals surface area contributed by atoms with Gasteiger partial charge in [0, 0.05) is 16.9 Å². The Morgan fingerprint density at radius 1 is 0.778 bits per heavy atom. The van der Waals surface area contributed by atoms with E-state index in [9.17, 15) is 9.59 Å². The van der Waals surface area contributed by atoms with Gasteiger partial charge in [-0.2, -0.15) is 0 Å². The van der Waals surface area contributed by atoms with E-state index in [4.69, 9.17) is 34.8 Å². The van der Waals surface area contributed by atoms with Crippen LogP contribution in [0.5, 0.6) is 0 Å². The molecule has 1 aromatic heterocycles. The SMILES string of the molecule is Cc1ccccc1-c1ccc(C(=O)N2Cc3ccc(C(=O)C(Cl)(Cl)Cl)n3Cc3ccccc32)cc1C. The molecule has 0 radical (unpaired) electrons. The fourth-order valence-electron chi connectivity index (χ4n) is 4.81. The molecule has 0 spiro atoms. The van der Waals surface area contributed by atoms with Crippen LogP contribution in [0.25, 0.3) is 11.1 Å². The van der Waals surface area contributed by atoms with Gasteiger partial charge in [-0.25, -0.2) is 0 Å². The van der Waals surface area contributed by atoms with Gasteiger partial charge in [-0.3, -0.25) is 9.59 Å². The first-order valence-electron chi connectivity index (χ1n) is 11.5. The number of halogens is 3. The molecule has 0 aliphatic carbocycles. The van der Waals surface area contributed by atoms with E-state index in [1.807, 2.05) is 72.2 Å². The molecule has 5 rings (SSSR count). The third-order valence-corrected chi connectivity index (χ3v) is 7.16. The molecular weight excluding hydrogens is 515 g/mol. The molecule has 182 valence electrons. The Morgan fingerprint density at radius 3 is 2.19 bits per heavy atom. The normalized spacial score (nSPS) is 13.1. The zero-order valence-corrected chi connectivity index (χ0v) is 22.0. The minimum absolute atomic E-state index is 0.120. The summed E-state index contributed by atoms with van der Waals surface area (Å²) in [5.74, 6) is -0.718. The van der Waals surface area contributed by atoms with Crippen molar-refractivity contribution in [3.8, 4) is 11.1 Å². The van der Waals surface area contributed by atoms with Crippen molar-refractivity contribution in [3.63, 3.8) is 0 Å². The molecule has 0 N–H and O–H groups in total. The van der Waals surface area contributed by atoms with Gasteiger partial charge in [0.05, 0.1) is 18.8 Å². The lowest BCUT2D eigenvalue weighted by Gasteiger charge is -2.23. The fraction of sp³-hybridized carbons (Fsp3) is 0.172. The van der Waals surface area contributed by atoms with E-state index in [1.54, 1.807) is 11.0 Å². The third kappa shape index (κ3) is 4.45. The number of amides is 1. The van der Waals surface area contributed by atoms with Crippen LogP contribution in [0.15, 0.2) is 78.9 Å². The predicted molar refractivity (Wildman–Crippen MR) is 146 cm³/mol. The molecule has 0 saturated heterocycles. The molecule has 36 heavy (non-hydrogen) atoms. The van der Waals surface area contributed by atoms with Gasteiger partial charge in [0.25, 0.3) is 9.70 Å². The average molecular weight is 538 g/mol. The van der Waals surface area contributed by atoms with Crippen molar-refractivity contribution in [2.24, 2.45) is 0 Å². The quantitative estimate of drug-likeness (QED) is 0.200. The number of aromatic nitrogens is 1. The first-order valence-corrected chi connectivity index (χ1v) is 12.6. The van der Waals surface area contributed by atoms with Gasteiger partial charge in [-0.05, 0) is 72.0 Å². The molecule has 3 aromatic carbocycles. The highest BCUT2D eigenvalue weighted by Gasteiger charge is 2.35. The smallest absolute Gasteiger partial charge is 0.258 e. The number of fused-ring (bicyclic) bond motifs is 2. The van der Waals surface area contributed by atoms with Crippen LogP contribution in [0, 0.1) is 13.8 Å². The fourth-order valence-corrected chi connectivity index (χ4v) is 5.10.